The number of hydrogen-bond acceptors (Lipinski definition) is 1. The summed E-state index contributed by atoms with van der Waals surface area (Å²) in [7, 11) is 0. The molecule has 3 rings (SSSR count). The molecule has 0 aromatic heterocycles. The molecule has 20 heavy (non-hydrogen) atoms. The third-order valence-electron chi connectivity index (χ3n) is 5.06. The third-order valence-corrected chi connectivity index (χ3v) is 5.92. The second-order valence-corrected chi connectivity index (χ2v) is 7.40. The van der Waals surface area contributed by atoms with Crippen LogP contribution in [-0.4, -0.2) is 29.0 Å². The molecule has 2 aliphatic rings. The van der Waals surface area contributed by atoms with E-state index in [0.29, 0.717) is 6.42 Å². The molecule has 1 aromatic rings. The highest BCUT2D eigenvalue weighted by atomic mass is 79.9. The Morgan fingerprint density at radius 1 is 1.10 bits per heavy atom. The summed E-state index contributed by atoms with van der Waals surface area (Å²) in [6, 6.07) is 10.9. The summed E-state index contributed by atoms with van der Waals surface area (Å²) in [6.07, 6.45) is 6.31. The van der Waals surface area contributed by atoms with E-state index in [-0.39, 0.29) is 10.4 Å². The van der Waals surface area contributed by atoms with Crippen LogP contribution in [0, 0.1) is 0 Å². The van der Waals surface area contributed by atoms with E-state index in [1.165, 1.54) is 37.7 Å². The van der Waals surface area contributed by atoms with Crippen LogP contribution < -0.4 is 0 Å². The topological polar surface area (TPSA) is 3.24 Å². The van der Waals surface area contributed by atoms with Crippen LogP contribution in [0.25, 0.3) is 0 Å². The van der Waals surface area contributed by atoms with Gasteiger partial charge in [0.2, 0.25) is 0 Å². The van der Waals surface area contributed by atoms with E-state index in [9.17, 15) is 4.39 Å². The minimum absolute atomic E-state index is 0.0150. The number of hydrogen-bond donors (Lipinski definition) is 0. The first-order chi connectivity index (χ1) is 9.72. The molecule has 0 bridgehead atoms. The van der Waals surface area contributed by atoms with Gasteiger partial charge in [0.25, 0.3) is 0 Å². The largest absolute Gasteiger partial charge is 0.292 e. The molecular weight excluding hydrogens is 317 g/mol. The summed E-state index contributed by atoms with van der Waals surface area (Å²) in [6.45, 7) is 1.72. The number of benzene rings is 1. The standard InChI is InChI=1S/C17H23BrFN/c18-15-13-20(12-9-16(15)19)17(10-5-2-6-11-17)14-7-3-1-4-8-14/h1,3-4,7-8,15-16H,2,5-6,9-13H2. The van der Waals surface area contributed by atoms with Crippen LogP contribution in [0.4, 0.5) is 4.39 Å². The van der Waals surface area contributed by atoms with Crippen molar-refractivity contribution in [1.82, 2.24) is 4.90 Å². The van der Waals surface area contributed by atoms with Gasteiger partial charge in [0.05, 0.1) is 4.83 Å². The van der Waals surface area contributed by atoms with E-state index in [1.807, 2.05) is 0 Å². The highest BCUT2D eigenvalue weighted by molar-refractivity contribution is 9.09. The van der Waals surface area contributed by atoms with Gasteiger partial charge in [-0.05, 0) is 24.8 Å². The molecule has 0 amide bonds. The Morgan fingerprint density at radius 3 is 2.45 bits per heavy atom. The first-order valence-corrected chi connectivity index (χ1v) is 8.73. The Bertz CT molecular complexity index is 430. The molecule has 0 radical (unpaired) electrons. The predicted octanol–water partition coefficient (Wildman–Crippen LogP) is 4.65. The lowest BCUT2D eigenvalue weighted by Gasteiger charge is -2.50. The van der Waals surface area contributed by atoms with Gasteiger partial charge in [0, 0.05) is 18.6 Å². The normalized spacial score (nSPS) is 31.1. The van der Waals surface area contributed by atoms with Crippen LogP contribution in [0.3, 0.4) is 0 Å². The van der Waals surface area contributed by atoms with Crippen LogP contribution in [0.1, 0.15) is 44.1 Å². The third kappa shape index (κ3) is 2.67. The minimum atomic E-state index is -0.692. The van der Waals surface area contributed by atoms with Crippen molar-refractivity contribution >= 4 is 15.9 Å². The summed E-state index contributed by atoms with van der Waals surface area (Å²) in [5, 5.41) is 0. The summed E-state index contributed by atoms with van der Waals surface area (Å²) >= 11 is 3.54. The Hall–Kier alpha value is -0.410. The maximum absolute atomic E-state index is 13.8. The van der Waals surface area contributed by atoms with Crippen molar-refractivity contribution in [2.75, 3.05) is 13.1 Å². The average Bonchev–Trinajstić information content (AvgIpc) is 2.51. The number of rotatable bonds is 2. The van der Waals surface area contributed by atoms with Crippen molar-refractivity contribution in [2.24, 2.45) is 0 Å². The number of alkyl halides is 2. The van der Waals surface area contributed by atoms with Crippen molar-refractivity contribution in [3.05, 3.63) is 35.9 Å². The van der Waals surface area contributed by atoms with Gasteiger partial charge >= 0.3 is 0 Å². The van der Waals surface area contributed by atoms with Crippen molar-refractivity contribution in [3.8, 4) is 0 Å². The molecule has 2 unspecified atom stereocenters. The van der Waals surface area contributed by atoms with Crippen molar-refractivity contribution in [3.63, 3.8) is 0 Å². The fraction of sp³-hybridized carbons (Fsp3) is 0.647. The lowest BCUT2D eigenvalue weighted by atomic mass is 9.74. The number of nitrogens with zero attached hydrogens (tertiary/aromatic N) is 1. The van der Waals surface area contributed by atoms with Crippen LogP contribution in [0.2, 0.25) is 0 Å². The zero-order valence-corrected chi connectivity index (χ0v) is 13.5. The van der Waals surface area contributed by atoms with E-state index in [1.54, 1.807) is 0 Å². The Balaban J connectivity index is 1.90. The summed E-state index contributed by atoms with van der Waals surface area (Å²) < 4.78 is 13.8. The molecule has 2 fully saturated rings. The predicted molar refractivity (Wildman–Crippen MR) is 85.0 cm³/mol. The first kappa shape index (κ1) is 14.5. The van der Waals surface area contributed by atoms with E-state index in [0.717, 1.165) is 13.1 Å². The SMILES string of the molecule is FC1CCN(C2(c3ccccc3)CCCCC2)CC1Br. The number of piperidine rings is 1. The van der Waals surface area contributed by atoms with E-state index < -0.39 is 6.17 Å². The molecule has 110 valence electrons. The summed E-state index contributed by atoms with van der Waals surface area (Å²) in [5.74, 6) is 0. The van der Waals surface area contributed by atoms with E-state index in [2.05, 4.69) is 51.2 Å². The Kier molecular flexibility index (Phi) is 4.46. The van der Waals surface area contributed by atoms with Crippen molar-refractivity contribution in [2.45, 2.75) is 55.1 Å². The smallest absolute Gasteiger partial charge is 0.115 e. The molecule has 1 aliphatic heterocycles. The first-order valence-electron chi connectivity index (χ1n) is 7.81. The van der Waals surface area contributed by atoms with Crippen LogP contribution >= 0.6 is 15.9 Å². The van der Waals surface area contributed by atoms with Crippen molar-refractivity contribution < 1.29 is 4.39 Å². The lowest BCUT2D eigenvalue weighted by molar-refractivity contribution is 0.0151. The monoisotopic (exact) mass is 339 g/mol. The molecule has 1 saturated carbocycles. The van der Waals surface area contributed by atoms with Crippen LogP contribution in [0.5, 0.6) is 0 Å². The molecule has 0 spiro atoms. The number of halogens is 2. The van der Waals surface area contributed by atoms with Crippen LogP contribution in [-0.2, 0) is 5.54 Å². The Labute approximate surface area is 129 Å². The maximum atomic E-state index is 13.8. The molecule has 1 heterocycles. The van der Waals surface area contributed by atoms with Gasteiger partial charge in [-0.2, -0.15) is 0 Å². The molecule has 3 heteroatoms. The highest BCUT2D eigenvalue weighted by Gasteiger charge is 2.42. The molecule has 1 nitrogen and oxygen atoms in total. The molecule has 1 aliphatic carbocycles. The van der Waals surface area contributed by atoms with Gasteiger partial charge in [0.1, 0.15) is 6.17 Å². The molecule has 1 aromatic carbocycles. The number of likely N-dealkylation sites (tertiary alicyclic amines) is 1. The van der Waals surface area contributed by atoms with Gasteiger partial charge in [-0.3, -0.25) is 4.90 Å². The second kappa shape index (κ2) is 6.15. The zero-order valence-electron chi connectivity index (χ0n) is 11.9. The van der Waals surface area contributed by atoms with Crippen LogP contribution in [0.15, 0.2) is 30.3 Å². The molecular formula is C17H23BrFN. The fourth-order valence-corrected chi connectivity index (χ4v) is 4.55. The van der Waals surface area contributed by atoms with Crippen molar-refractivity contribution in [1.29, 1.82) is 0 Å². The second-order valence-electron chi connectivity index (χ2n) is 6.22. The highest BCUT2D eigenvalue weighted by Crippen LogP contribution is 2.44. The quantitative estimate of drug-likeness (QED) is 0.708. The van der Waals surface area contributed by atoms with E-state index >= 15 is 0 Å². The summed E-state index contributed by atoms with van der Waals surface area (Å²) in [5.41, 5.74) is 1.57. The lowest BCUT2D eigenvalue weighted by Crippen LogP contribution is -2.54. The van der Waals surface area contributed by atoms with Gasteiger partial charge in [-0.15, -0.1) is 0 Å². The molecule has 2 atom stereocenters. The van der Waals surface area contributed by atoms with Gasteiger partial charge < -0.3 is 0 Å². The maximum Gasteiger partial charge on any atom is 0.115 e. The molecule has 1 saturated heterocycles. The average molecular weight is 340 g/mol. The van der Waals surface area contributed by atoms with Gasteiger partial charge in [-0.1, -0.05) is 65.5 Å². The fourth-order valence-electron chi connectivity index (χ4n) is 3.94. The molecule has 0 N–H and O–H groups in total. The Morgan fingerprint density at radius 2 is 1.80 bits per heavy atom. The zero-order chi connectivity index (χ0) is 14.0. The van der Waals surface area contributed by atoms with E-state index in [4.69, 9.17) is 0 Å². The van der Waals surface area contributed by atoms with Gasteiger partial charge in [-0.25, -0.2) is 4.39 Å². The summed E-state index contributed by atoms with van der Waals surface area (Å²) in [4.78, 5) is 2.54. The van der Waals surface area contributed by atoms with Gasteiger partial charge in [0.15, 0.2) is 0 Å². The minimum Gasteiger partial charge on any atom is -0.292 e.